The van der Waals surface area contributed by atoms with Gasteiger partial charge in [-0.1, -0.05) is 0 Å². The minimum atomic E-state index is -1.14. The highest BCUT2D eigenvalue weighted by Crippen LogP contribution is 2.29. The standard InChI is InChI=1S/C23H20N8O3/c1-13(22-24-7-3-8-25-22)27-16-12-21(32)30(2)18-5-4-14(10-15(16)18)28-20-11-17(23(33)34)29-19-6-9-26-31(19)20/h3-13,27-28H,1-2H3,(H,33,34). The number of aromatic carboxylic acids is 1. The molecule has 0 amide bonds. The van der Waals surface area contributed by atoms with E-state index in [0.717, 1.165) is 10.9 Å². The van der Waals surface area contributed by atoms with Gasteiger partial charge in [0.25, 0.3) is 5.56 Å². The van der Waals surface area contributed by atoms with Gasteiger partial charge in [-0.05, 0) is 31.2 Å². The van der Waals surface area contributed by atoms with Crippen molar-refractivity contribution >= 4 is 39.7 Å². The first-order valence-corrected chi connectivity index (χ1v) is 10.4. The molecule has 4 aromatic heterocycles. The number of nitrogens with one attached hydrogen (secondary N) is 2. The highest BCUT2D eigenvalue weighted by molar-refractivity contribution is 5.94. The summed E-state index contributed by atoms with van der Waals surface area (Å²) in [5.74, 6) is -0.0920. The van der Waals surface area contributed by atoms with Crippen molar-refractivity contribution in [1.29, 1.82) is 0 Å². The number of carboxylic acid groups (broad SMARTS) is 1. The first kappa shape index (κ1) is 21.1. The molecule has 0 aliphatic carbocycles. The molecule has 0 saturated heterocycles. The molecule has 11 nitrogen and oxygen atoms in total. The predicted octanol–water partition coefficient (Wildman–Crippen LogP) is 2.99. The number of hydrogen-bond donors (Lipinski definition) is 3. The molecule has 0 spiro atoms. The van der Waals surface area contributed by atoms with Crippen LogP contribution in [0.2, 0.25) is 0 Å². The number of pyridine rings is 1. The van der Waals surface area contributed by atoms with Crippen molar-refractivity contribution in [2.24, 2.45) is 7.05 Å². The molecule has 0 radical (unpaired) electrons. The van der Waals surface area contributed by atoms with E-state index in [1.165, 1.54) is 16.6 Å². The van der Waals surface area contributed by atoms with Crippen molar-refractivity contribution in [3.63, 3.8) is 0 Å². The lowest BCUT2D eigenvalue weighted by atomic mass is 10.1. The van der Waals surface area contributed by atoms with Crippen molar-refractivity contribution in [3.05, 3.63) is 82.9 Å². The Morgan fingerprint density at radius 2 is 1.88 bits per heavy atom. The third-order valence-corrected chi connectivity index (χ3v) is 5.44. The zero-order valence-electron chi connectivity index (χ0n) is 18.3. The largest absolute Gasteiger partial charge is 0.477 e. The summed E-state index contributed by atoms with van der Waals surface area (Å²) in [6.45, 7) is 1.92. The molecule has 1 atom stereocenters. The van der Waals surface area contributed by atoms with Gasteiger partial charge in [0.15, 0.2) is 11.3 Å². The molecule has 3 N–H and O–H groups in total. The molecule has 34 heavy (non-hydrogen) atoms. The summed E-state index contributed by atoms with van der Waals surface area (Å²) in [5.41, 5.74) is 2.19. The smallest absolute Gasteiger partial charge is 0.354 e. The maximum atomic E-state index is 12.6. The van der Waals surface area contributed by atoms with Crippen LogP contribution in [0.25, 0.3) is 16.6 Å². The van der Waals surface area contributed by atoms with Gasteiger partial charge in [0.05, 0.1) is 17.8 Å². The second-order valence-electron chi connectivity index (χ2n) is 7.72. The Morgan fingerprint density at radius 1 is 1.09 bits per heavy atom. The molecule has 1 aromatic carbocycles. The average molecular weight is 456 g/mol. The Labute approximate surface area is 192 Å². The number of rotatable bonds is 6. The third kappa shape index (κ3) is 3.79. The normalized spacial score (nSPS) is 12.1. The van der Waals surface area contributed by atoms with Gasteiger partial charge in [0.2, 0.25) is 0 Å². The lowest BCUT2D eigenvalue weighted by Gasteiger charge is -2.18. The maximum Gasteiger partial charge on any atom is 0.354 e. The van der Waals surface area contributed by atoms with Crippen LogP contribution < -0.4 is 16.2 Å². The van der Waals surface area contributed by atoms with Gasteiger partial charge in [0.1, 0.15) is 11.6 Å². The number of benzene rings is 1. The molecular weight excluding hydrogens is 436 g/mol. The molecule has 170 valence electrons. The Balaban J connectivity index is 1.58. The van der Waals surface area contributed by atoms with Crippen molar-refractivity contribution < 1.29 is 9.90 Å². The van der Waals surface area contributed by atoms with E-state index in [-0.39, 0.29) is 17.3 Å². The van der Waals surface area contributed by atoms with E-state index in [1.807, 2.05) is 25.1 Å². The van der Waals surface area contributed by atoms with Crippen LogP contribution in [-0.2, 0) is 7.05 Å². The monoisotopic (exact) mass is 456 g/mol. The first-order valence-electron chi connectivity index (χ1n) is 10.4. The van der Waals surface area contributed by atoms with E-state index in [1.54, 1.807) is 42.3 Å². The average Bonchev–Trinajstić information content (AvgIpc) is 3.32. The Hall–Kier alpha value is -4.80. The third-order valence-electron chi connectivity index (χ3n) is 5.44. The molecule has 0 fully saturated rings. The molecule has 0 bridgehead atoms. The summed E-state index contributed by atoms with van der Waals surface area (Å²) < 4.78 is 3.08. The van der Waals surface area contributed by atoms with Gasteiger partial charge in [-0.3, -0.25) is 4.79 Å². The summed E-state index contributed by atoms with van der Waals surface area (Å²) >= 11 is 0. The second-order valence-corrected chi connectivity index (χ2v) is 7.72. The van der Waals surface area contributed by atoms with E-state index in [2.05, 4.69) is 30.7 Å². The highest BCUT2D eigenvalue weighted by Gasteiger charge is 2.15. The second kappa shape index (κ2) is 8.28. The van der Waals surface area contributed by atoms with Gasteiger partial charge in [-0.25, -0.2) is 19.7 Å². The zero-order chi connectivity index (χ0) is 23.8. The van der Waals surface area contributed by atoms with Crippen molar-refractivity contribution in [2.75, 3.05) is 10.6 Å². The Bertz CT molecular complexity index is 1590. The van der Waals surface area contributed by atoms with Crippen LogP contribution in [0.15, 0.2) is 65.8 Å². The molecule has 1 unspecified atom stereocenters. The number of fused-ring (bicyclic) bond motifs is 2. The molecule has 0 aliphatic rings. The van der Waals surface area contributed by atoms with Crippen LogP contribution in [0.1, 0.15) is 29.3 Å². The van der Waals surface area contributed by atoms with E-state index in [4.69, 9.17) is 0 Å². The molecule has 4 heterocycles. The summed E-state index contributed by atoms with van der Waals surface area (Å²) in [7, 11) is 1.71. The SMILES string of the molecule is CC(Nc1cc(=O)n(C)c2ccc(Nc3cc(C(=O)O)nc4ccnn34)cc12)c1ncccn1. The Kier molecular flexibility index (Phi) is 5.13. The number of aryl methyl sites for hydroxylation is 1. The van der Waals surface area contributed by atoms with Crippen molar-refractivity contribution in [3.8, 4) is 0 Å². The van der Waals surface area contributed by atoms with Crippen LogP contribution >= 0.6 is 0 Å². The van der Waals surface area contributed by atoms with Crippen molar-refractivity contribution in [2.45, 2.75) is 13.0 Å². The summed E-state index contributed by atoms with van der Waals surface area (Å²) in [6.07, 6.45) is 4.88. The minimum Gasteiger partial charge on any atom is -0.477 e. The molecule has 5 aromatic rings. The first-order chi connectivity index (χ1) is 16.4. The maximum absolute atomic E-state index is 12.6. The number of aromatic nitrogens is 6. The van der Waals surface area contributed by atoms with E-state index in [0.29, 0.717) is 28.7 Å². The van der Waals surface area contributed by atoms with Gasteiger partial charge in [-0.2, -0.15) is 9.61 Å². The van der Waals surface area contributed by atoms with E-state index in [9.17, 15) is 14.7 Å². The fourth-order valence-electron chi connectivity index (χ4n) is 3.75. The Morgan fingerprint density at radius 3 is 2.65 bits per heavy atom. The number of carbonyl (C=O) groups is 1. The van der Waals surface area contributed by atoms with E-state index < -0.39 is 5.97 Å². The summed E-state index contributed by atoms with van der Waals surface area (Å²) in [5, 5.41) is 21.0. The number of nitrogens with zero attached hydrogens (tertiary/aromatic N) is 6. The lowest BCUT2D eigenvalue weighted by molar-refractivity contribution is 0.0690. The van der Waals surface area contributed by atoms with Gasteiger partial charge < -0.3 is 20.3 Å². The molecule has 5 rings (SSSR count). The summed E-state index contributed by atoms with van der Waals surface area (Å²) in [6, 6.07) is 11.6. The fourth-order valence-corrected chi connectivity index (χ4v) is 3.75. The van der Waals surface area contributed by atoms with Crippen molar-refractivity contribution in [1.82, 2.24) is 29.1 Å². The van der Waals surface area contributed by atoms with Gasteiger partial charge >= 0.3 is 5.97 Å². The van der Waals surface area contributed by atoms with Gasteiger partial charge in [-0.15, -0.1) is 0 Å². The quantitative estimate of drug-likeness (QED) is 0.352. The summed E-state index contributed by atoms with van der Waals surface area (Å²) in [4.78, 5) is 36.7. The van der Waals surface area contributed by atoms with Gasteiger partial charge in [0, 0.05) is 54.4 Å². The topological polar surface area (TPSA) is 139 Å². The molecule has 11 heteroatoms. The predicted molar refractivity (Wildman–Crippen MR) is 126 cm³/mol. The van der Waals surface area contributed by atoms with Crippen LogP contribution in [0, 0.1) is 0 Å². The van der Waals surface area contributed by atoms with Crippen LogP contribution in [-0.4, -0.2) is 40.2 Å². The molecule has 0 saturated carbocycles. The van der Waals surface area contributed by atoms with Crippen LogP contribution in [0.3, 0.4) is 0 Å². The minimum absolute atomic E-state index is 0.0993. The highest BCUT2D eigenvalue weighted by atomic mass is 16.4. The lowest BCUT2D eigenvalue weighted by Crippen LogP contribution is -2.19. The van der Waals surface area contributed by atoms with E-state index >= 15 is 0 Å². The fraction of sp³-hybridized carbons (Fsp3) is 0.130. The molecule has 0 aliphatic heterocycles. The van der Waals surface area contributed by atoms with Crippen LogP contribution in [0.4, 0.5) is 17.2 Å². The molecular formula is C23H20N8O3. The van der Waals surface area contributed by atoms with Crippen LogP contribution in [0.5, 0.6) is 0 Å². The number of carboxylic acids is 1. The number of hydrogen-bond acceptors (Lipinski definition) is 8. The zero-order valence-corrected chi connectivity index (χ0v) is 18.3. The number of anilines is 3.